The molecular formula is C55H38IrN2O2-2. The fraction of sp³-hybridized carbons (Fsp3) is 0.0545. The molecule has 0 atom stereocenters. The molecule has 0 aliphatic rings. The number of benzene rings is 7. The summed E-state index contributed by atoms with van der Waals surface area (Å²) in [5, 5.41) is 4.25. The number of furan rings is 2. The summed E-state index contributed by atoms with van der Waals surface area (Å²) in [5.41, 5.74) is 17.5. The van der Waals surface area contributed by atoms with Crippen LogP contribution >= 0.6 is 0 Å². The molecule has 0 saturated carbocycles. The van der Waals surface area contributed by atoms with Crippen LogP contribution in [0.1, 0.15) is 16.7 Å². The van der Waals surface area contributed by atoms with Crippen molar-refractivity contribution in [3.05, 3.63) is 205 Å². The maximum atomic E-state index is 6.75. The Morgan fingerprint density at radius 2 is 1.12 bits per heavy atom. The number of aromatic nitrogens is 2. The number of hydrogen-bond acceptors (Lipinski definition) is 4. The van der Waals surface area contributed by atoms with Gasteiger partial charge in [-0.25, -0.2) is 0 Å². The van der Waals surface area contributed by atoms with Crippen molar-refractivity contribution in [3.8, 4) is 55.9 Å². The van der Waals surface area contributed by atoms with Crippen LogP contribution in [0.3, 0.4) is 0 Å². The first kappa shape index (κ1) is 38.6. The Balaban J connectivity index is 0.000000245. The Morgan fingerprint density at radius 3 is 1.77 bits per heavy atom. The molecule has 0 unspecified atom stereocenters. The minimum absolute atomic E-state index is 0. The second-order valence-electron chi connectivity index (χ2n) is 15.0. The van der Waals surface area contributed by atoms with E-state index in [4.69, 9.17) is 8.83 Å². The predicted molar refractivity (Wildman–Crippen MR) is 242 cm³/mol. The molecule has 0 bridgehead atoms. The fourth-order valence-electron chi connectivity index (χ4n) is 7.77. The zero-order valence-electron chi connectivity index (χ0n) is 33.3. The van der Waals surface area contributed by atoms with Gasteiger partial charge < -0.3 is 18.8 Å². The molecule has 0 amide bonds. The van der Waals surface area contributed by atoms with Gasteiger partial charge in [-0.3, -0.25) is 0 Å². The van der Waals surface area contributed by atoms with E-state index in [1.807, 2.05) is 60.9 Å². The third-order valence-electron chi connectivity index (χ3n) is 11.1. The van der Waals surface area contributed by atoms with Crippen molar-refractivity contribution in [2.75, 3.05) is 0 Å². The SMILES string of the molecule is Cc1c[c-]c(-c2cc(C)c(C)cn2)cc1.[Ir].[c-]1ccccc1-c1cc(-c2cc3oc4ccc(-c5ccccc5)cc4c3c3c2oc2ccc(-c4ccccc4)cc23)ccn1. The van der Waals surface area contributed by atoms with Crippen LogP contribution in [-0.2, 0) is 20.1 Å². The van der Waals surface area contributed by atoms with Gasteiger partial charge in [-0.1, -0.05) is 97.4 Å². The number of aryl methyl sites for hydroxylation is 3. The molecule has 0 saturated heterocycles. The number of fused-ring (bicyclic) bond motifs is 7. The maximum Gasteiger partial charge on any atom is 0.144 e. The van der Waals surface area contributed by atoms with Gasteiger partial charge >= 0.3 is 0 Å². The van der Waals surface area contributed by atoms with Crippen LogP contribution in [0, 0.1) is 32.9 Å². The normalized spacial score (nSPS) is 11.1. The van der Waals surface area contributed by atoms with Crippen LogP contribution in [0.15, 0.2) is 185 Å². The summed E-state index contributed by atoms with van der Waals surface area (Å²) in [5.74, 6) is 0. The van der Waals surface area contributed by atoms with Crippen LogP contribution in [-0.4, -0.2) is 9.97 Å². The van der Waals surface area contributed by atoms with E-state index >= 15 is 0 Å². The Hall–Kier alpha value is -6.91. The third-order valence-corrected chi connectivity index (χ3v) is 11.1. The fourth-order valence-corrected chi connectivity index (χ4v) is 7.77. The van der Waals surface area contributed by atoms with E-state index in [0.717, 1.165) is 94.2 Å². The average molecular weight is 951 g/mol. The van der Waals surface area contributed by atoms with E-state index in [0.29, 0.717) is 0 Å². The van der Waals surface area contributed by atoms with Crippen molar-refractivity contribution in [2.24, 2.45) is 0 Å². The van der Waals surface area contributed by atoms with Gasteiger partial charge in [0.15, 0.2) is 0 Å². The van der Waals surface area contributed by atoms with Crippen molar-refractivity contribution in [3.63, 3.8) is 0 Å². The molecule has 11 aromatic rings. The summed E-state index contributed by atoms with van der Waals surface area (Å²) in [6.45, 7) is 6.24. The van der Waals surface area contributed by atoms with Gasteiger partial charge in [0, 0.05) is 59.6 Å². The zero-order valence-corrected chi connectivity index (χ0v) is 35.7. The Bertz CT molecular complexity index is 3280. The quantitative estimate of drug-likeness (QED) is 0.161. The maximum absolute atomic E-state index is 6.75. The van der Waals surface area contributed by atoms with Gasteiger partial charge in [0.1, 0.15) is 22.3 Å². The molecule has 1 radical (unpaired) electrons. The summed E-state index contributed by atoms with van der Waals surface area (Å²) >= 11 is 0. The van der Waals surface area contributed by atoms with E-state index in [-0.39, 0.29) is 20.1 Å². The molecule has 5 heteroatoms. The third kappa shape index (κ3) is 7.35. The Morgan fingerprint density at radius 1 is 0.467 bits per heavy atom. The van der Waals surface area contributed by atoms with Crippen LogP contribution in [0.25, 0.3) is 99.8 Å². The molecule has 0 fully saturated rings. The Labute approximate surface area is 362 Å². The van der Waals surface area contributed by atoms with Gasteiger partial charge in [0.25, 0.3) is 0 Å². The molecule has 4 heterocycles. The number of nitrogens with zero attached hydrogens (tertiary/aromatic N) is 2. The summed E-state index contributed by atoms with van der Waals surface area (Å²) in [4.78, 5) is 9.06. The molecule has 11 rings (SSSR count). The van der Waals surface area contributed by atoms with E-state index < -0.39 is 0 Å². The average Bonchev–Trinajstić information content (AvgIpc) is 3.86. The smallest absolute Gasteiger partial charge is 0.144 e. The first-order valence-electron chi connectivity index (χ1n) is 19.8. The first-order chi connectivity index (χ1) is 29.0. The summed E-state index contributed by atoms with van der Waals surface area (Å²) < 4.78 is 13.3. The molecule has 4 aromatic heterocycles. The molecule has 60 heavy (non-hydrogen) atoms. The molecule has 0 N–H and O–H groups in total. The van der Waals surface area contributed by atoms with Crippen molar-refractivity contribution in [1.82, 2.24) is 9.97 Å². The molecule has 7 aromatic carbocycles. The zero-order chi connectivity index (χ0) is 39.9. The van der Waals surface area contributed by atoms with Crippen molar-refractivity contribution >= 4 is 43.9 Å². The summed E-state index contributed by atoms with van der Waals surface area (Å²) in [6, 6.07) is 62.8. The Kier molecular flexibility index (Phi) is 10.5. The molecular weight excluding hydrogens is 913 g/mol. The molecule has 0 aliphatic carbocycles. The predicted octanol–water partition coefficient (Wildman–Crippen LogP) is 14.8. The minimum Gasteiger partial charge on any atom is -0.456 e. The molecule has 291 valence electrons. The summed E-state index contributed by atoms with van der Waals surface area (Å²) in [6.07, 6.45) is 3.76. The summed E-state index contributed by atoms with van der Waals surface area (Å²) in [7, 11) is 0. The van der Waals surface area contributed by atoms with Crippen molar-refractivity contribution < 1.29 is 28.9 Å². The van der Waals surface area contributed by atoms with E-state index in [1.54, 1.807) is 0 Å². The largest absolute Gasteiger partial charge is 0.456 e. The second-order valence-corrected chi connectivity index (χ2v) is 15.0. The first-order valence-corrected chi connectivity index (χ1v) is 19.8. The van der Waals surface area contributed by atoms with E-state index in [1.165, 1.54) is 22.3 Å². The van der Waals surface area contributed by atoms with Crippen molar-refractivity contribution in [2.45, 2.75) is 20.8 Å². The molecule has 0 spiro atoms. The minimum atomic E-state index is 0. The van der Waals surface area contributed by atoms with E-state index in [9.17, 15) is 0 Å². The van der Waals surface area contributed by atoms with Crippen LogP contribution in [0.4, 0.5) is 0 Å². The van der Waals surface area contributed by atoms with Crippen LogP contribution < -0.4 is 0 Å². The topological polar surface area (TPSA) is 52.1 Å². The van der Waals surface area contributed by atoms with Gasteiger partial charge in [-0.2, -0.15) is 0 Å². The van der Waals surface area contributed by atoms with Gasteiger partial charge in [0.05, 0.1) is 0 Å². The number of pyridine rings is 2. The number of rotatable bonds is 5. The monoisotopic (exact) mass is 951 g/mol. The second kappa shape index (κ2) is 16.4. The van der Waals surface area contributed by atoms with Crippen LogP contribution in [0.2, 0.25) is 0 Å². The molecule has 0 aliphatic heterocycles. The number of hydrogen-bond donors (Lipinski definition) is 0. The van der Waals surface area contributed by atoms with Gasteiger partial charge in [-0.05, 0) is 95.0 Å². The van der Waals surface area contributed by atoms with Gasteiger partial charge in [0.2, 0.25) is 0 Å². The van der Waals surface area contributed by atoms with E-state index in [2.05, 4.69) is 158 Å². The van der Waals surface area contributed by atoms with Crippen molar-refractivity contribution in [1.29, 1.82) is 0 Å². The standard InChI is InChI=1S/C41H24NO2.C14H14N.Ir/c1-4-10-26(11-5-1)29-16-18-36-33(22-29)39-38(43-36)25-32(31-20-21-42-35(24-31)28-14-8-3-9-15-28)41-40(39)34-23-30(17-19-37(34)44-41)27-12-6-2-7-13-27;1-10-4-6-13(7-5-10)14-8-11(2)12(3)9-15-14;/h1-14,16-25H;4-6,8-9H,1-3H3;/q2*-1;. The molecule has 4 nitrogen and oxygen atoms in total. The van der Waals surface area contributed by atoms with Gasteiger partial charge in [-0.15, -0.1) is 71.3 Å². The van der Waals surface area contributed by atoms with Crippen LogP contribution in [0.5, 0.6) is 0 Å².